The van der Waals surface area contributed by atoms with E-state index in [0.717, 1.165) is 18.2 Å². The Labute approximate surface area is 175 Å². The highest BCUT2D eigenvalue weighted by molar-refractivity contribution is 6.30. The van der Waals surface area contributed by atoms with E-state index in [1.165, 1.54) is 24.5 Å². The van der Waals surface area contributed by atoms with Crippen LogP contribution in [-0.2, 0) is 0 Å². The van der Waals surface area contributed by atoms with Gasteiger partial charge >= 0.3 is 0 Å². The number of rotatable bonds is 6. The van der Waals surface area contributed by atoms with Crippen molar-refractivity contribution in [2.75, 3.05) is 0 Å². The van der Waals surface area contributed by atoms with Gasteiger partial charge in [-0.3, -0.25) is 9.78 Å². The molecule has 0 aliphatic carbocycles. The van der Waals surface area contributed by atoms with Crippen LogP contribution >= 0.6 is 11.6 Å². The first-order valence-corrected chi connectivity index (χ1v) is 9.20. The predicted molar refractivity (Wildman–Crippen MR) is 106 cm³/mol. The third-order valence-corrected chi connectivity index (χ3v) is 4.96. The summed E-state index contributed by atoms with van der Waals surface area (Å²) in [4.78, 5) is 17.1. The van der Waals surface area contributed by atoms with Crippen molar-refractivity contribution in [2.45, 2.75) is 13.0 Å². The minimum absolute atomic E-state index is 0.0835. The van der Waals surface area contributed by atoms with Gasteiger partial charge in [0, 0.05) is 34.6 Å². The molecule has 0 aliphatic rings. The number of Topliss-reactive ketones (excluding diaryl/α,β-unsaturated/α-hetero) is 1. The van der Waals surface area contributed by atoms with Crippen molar-refractivity contribution in [2.24, 2.45) is 5.92 Å². The number of hydrogen-bond acceptors (Lipinski definition) is 4. The molecule has 0 radical (unpaired) electrons. The van der Waals surface area contributed by atoms with Gasteiger partial charge in [0.25, 0.3) is 0 Å². The van der Waals surface area contributed by atoms with E-state index in [1.807, 2.05) is 0 Å². The van der Waals surface area contributed by atoms with E-state index in [9.17, 15) is 23.1 Å². The van der Waals surface area contributed by atoms with Gasteiger partial charge in [0.2, 0.25) is 0 Å². The maximum absolute atomic E-state index is 14.5. The summed E-state index contributed by atoms with van der Waals surface area (Å²) < 4.78 is 42.0. The maximum Gasteiger partial charge on any atom is 0.177 e. The van der Waals surface area contributed by atoms with Crippen LogP contribution in [0.2, 0.25) is 5.02 Å². The highest BCUT2D eigenvalue weighted by Crippen LogP contribution is 2.32. The summed E-state index contributed by atoms with van der Waals surface area (Å²) in [5.74, 6) is -5.58. The Balaban J connectivity index is 2.14. The molecule has 30 heavy (non-hydrogen) atoms. The zero-order valence-electron chi connectivity index (χ0n) is 15.7. The SMILES string of the molecule is Cc1ccncc1C(O)C(C(=N)c1ccc(Cl)cc1F)C(=O)c1ccc(F)cc1F. The number of aryl methyl sites for hydroxylation is 1. The van der Waals surface area contributed by atoms with Gasteiger partial charge in [-0.1, -0.05) is 11.6 Å². The molecule has 1 heterocycles. The minimum atomic E-state index is -1.68. The summed E-state index contributed by atoms with van der Waals surface area (Å²) in [7, 11) is 0. The predicted octanol–water partition coefficient (Wildman–Crippen LogP) is 5.06. The van der Waals surface area contributed by atoms with E-state index >= 15 is 0 Å². The largest absolute Gasteiger partial charge is 0.387 e. The molecule has 0 fully saturated rings. The van der Waals surface area contributed by atoms with Crippen LogP contribution in [-0.4, -0.2) is 21.6 Å². The van der Waals surface area contributed by atoms with Crippen molar-refractivity contribution in [3.05, 3.63) is 99.6 Å². The molecule has 2 atom stereocenters. The van der Waals surface area contributed by atoms with E-state index < -0.39 is 46.5 Å². The highest BCUT2D eigenvalue weighted by Gasteiger charge is 2.36. The molecule has 0 saturated carbocycles. The topological polar surface area (TPSA) is 74.0 Å². The molecule has 0 spiro atoms. The Morgan fingerprint density at radius 2 is 1.73 bits per heavy atom. The monoisotopic (exact) mass is 432 g/mol. The number of nitrogens with one attached hydrogen (secondary N) is 1. The smallest absolute Gasteiger partial charge is 0.177 e. The van der Waals surface area contributed by atoms with Crippen molar-refractivity contribution in [3.63, 3.8) is 0 Å². The zero-order valence-corrected chi connectivity index (χ0v) is 16.4. The summed E-state index contributed by atoms with van der Waals surface area (Å²) in [5.41, 5.74) is -0.590. The molecule has 0 saturated heterocycles. The third kappa shape index (κ3) is 4.27. The second-order valence-electron chi connectivity index (χ2n) is 6.68. The Kier molecular flexibility index (Phi) is 6.34. The number of hydrogen-bond donors (Lipinski definition) is 2. The second-order valence-corrected chi connectivity index (χ2v) is 7.12. The van der Waals surface area contributed by atoms with Gasteiger partial charge in [-0.25, -0.2) is 13.2 Å². The minimum Gasteiger partial charge on any atom is -0.387 e. The fourth-order valence-electron chi connectivity index (χ4n) is 3.13. The van der Waals surface area contributed by atoms with Crippen LogP contribution in [0.3, 0.4) is 0 Å². The van der Waals surface area contributed by atoms with Crippen molar-refractivity contribution in [1.29, 1.82) is 5.41 Å². The number of carbonyl (C=O) groups is 1. The lowest BCUT2D eigenvalue weighted by Gasteiger charge is -2.24. The van der Waals surface area contributed by atoms with Crippen LogP contribution in [0.1, 0.15) is 33.2 Å². The third-order valence-electron chi connectivity index (χ3n) is 4.73. The molecule has 2 aromatic carbocycles. The fourth-order valence-corrected chi connectivity index (χ4v) is 3.29. The maximum atomic E-state index is 14.5. The van der Waals surface area contributed by atoms with Crippen LogP contribution in [0.25, 0.3) is 0 Å². The average molecular weight is 433 g/mol. The van der Waals surface area contributed by atoms with Crippen LogP contribution in [0.15, 0.2) is 54.9 Å². The Morgan fingerprint density at radius 3 is 2.37 bits per heavy atom. The Morgan fingerprint density at radius 1 is 1.07 bits per heavy atom. The number of nitrogens with zero attached hydrogens (tertiary/aromatic N) is 1. The Hall–Kier alpha value is -3.03. The number of aromatic nitrogens is 1. The quantitative estimate of drug-likeness (QED) is 0.422. The van der Waals surface area contributed by atoms with Gasteiger partial charge < -0.3 is 10.5 Å². The molecule has 154 valence electrons. The number of aliphatic hydroxyl groups excluding tert-OH is 1. The molecular weight excluding hydrogens is 417 g/mol. The molecule has 3 rings (SSSR count). The first-order valence-electron chi connectivity index (χ1n) is 8.82. The number of aliphatic hydroxyl groups is 1. The number of pyridine rings is 1. The lowest BCUT2D eigenvalue weighted by molar-refractivity contribution is 0.0788. The van der Waals surface area contributed by atoms with Crippen LogP contribution in [0, 0.1) is 35.7 Å². The van der Waals surface area contributed by atoms with E-state index in [0.29, 0.717) is 11.6 Å². The molecular formula is C22H16ClF3N2O2. The summed E-state index contributed by atoms with van der Waals surface area (Å²) in [6.07, 6.45) is 1.16. The molecule has 8 heteroatoms. The van der Waals surface area contributed by atoms with Crippen molar-refractivity contribution < 1.29 is 23.1 Å². The van der Waals surface area contributed by atoms with Crippen LogP contribution in [0.5, 0.6) is 0 Å². The van der Waals surface area contributed by atoms with Gasteiger partial charge in [0.05, 0.1) is 23.3 Å². The molecule has 1 aromatic heterocycles. The average Bonchev–Trinajstić information content (AvgIpc) is 2.68. The van der Waals surface area contributed by atoms with Crippen molar-refractivity contribution >= 4 is 23.1 Å². The van der Waals surface area contributed by atoms with Crippen LogP contribution in [0.4, 0.5) is 13.2 Å². The van der Waals surface area contributed by atoms with E-state index in [1.54, 1.807) is 13.0 Å². The first-order chi connectivity index (χ1) is 14.2. The normalized spacial score (nSPS) is 13.0. The van der Waals surface area contributed by atoms with Gasteiger partial charge in [-0.05, 0) is 48.9 Å². The van der Waals surface area contributed by atoms with Crippen molar-refractivity contribution in [3.8, 4) is 0 Å². The summed E-state index contributed by atoms with van der Waals surface area (Å²) in [6.45, 7) is 1.66. The number of carbonyl (C=O) groups excluding carboxylic acids is 1. The van der Waals surface area contributed by atoms with Crippen molar-refractivity contribution in [1.82, 2.24) is 4.98 Å². The van der Waals surface area contributed by atoms with Gasteiger partial charge in [0.1, 0.15) is 17.5 Å². The van der Waals surface area contributed by atoms with E-state index in [-0.39, 0.29) is 16.1 Å². The first kappa shape index (κ1) is 21.7. The molecule has 2 N–H and O–H groups in total. The van der Waals surface area contributed by atoms with E-state index in [4.69, 9.17) is 17.0 Å². The lowest BCUT2D eigenvalue weighted by Crippen LogP contribution is -2.32. The summed E-state index contributed by atoms with van der Waals surface area (Å²) in [6, 6.07) is 7.42. The molecule has 0 amide bonds. The molecule has 3 aromatic rings. The molecule has 0 bridgehead atoms. The lowest BCUT2D eigenvalue weighted by atomic mass is 9.81. The van der Waals surface area contributed by atoms with E-state index in [2.05, 4.69) is 4.98 Å². The second kappa shape index (κ2) is 8.77. The molecule has 0 aliphatic heterocycles. The molecule has 2 unspecified atom stereocenters. The fraction of sp³-hybridized carbons (Fsp3) is 0.136. The van der Waals surface area contributed by atoms with Gasteiger partial charge in [-0.15, -0.1) is 0 Å². The summed E-state index contributed by atoms with van der Waals surface area (Å²) >= 11 is 5.75. The number of benzene rings is 2. The zero-order chi connectivity index (χ0) is 22.0. The number of ketones is 1. The summed E-state index contributed by atoms with van der Waals surface area (Å²) in [5, 5.41) is 19.5. The Bertz CT molecular complexity index is 1070. The number of halogens is 4. The van der Waals surface area contributed by atoms with Gasteiger partial charge in [-0.2, -0.15) is 0 Å². The standard InChI is InChI=1S/C22H16ClF3N2O2/c1-11-6-7-28-10-16(11)22(30)19(20(27)14-4-2-12(23)8-17(14)25)21(29)15-5-3-13(24)9-18(15)26/h2-10,19,22,27,30H,1H3. The highest BCUT2D eigenvalue weighted by atomic mass is 35.5. The van der Waals surface area contributed by atoms with Crippen LogP contribution < -0.4 is 0 Å². The molecule has 4 nitrogen and oxygen atoms in total. The van der Waals surface area contributed by atoms with Gasteiger partial charge in [0.15, 0.2) is 5.78 Å².